The summed E-state index contributed by atoms with van der Waals surface area (Å²) in [6.07, 6.45) is 13.6. The maximum absolute atomic E-state index is 9.99. The summed E-state index contributed by atoms with van der Waals surface area (Å²) < 4.78 is 12.7. The molecule has 1 saturated carbocycles. The zero-order valence-corrected chi connectivity index (χ0v) is 24.7. The van der Waals surface area contributed by atoms with E-state index in [1.807, 2.05) is 11.9 Å². The van der Waals surface area contributed by atoms with Crippen LogP contribution in [-0.4, -0.2) is 77.2 Å². The number of nitrogens with zero attached hydrogens (tertiary/aromatic N) is 4. The maximum Gasteiger partial charge on any atom is 0.155 e. The zero-order chi connectivity index (χ0) is 27.6. The van der Waals surface area contributed by atoms with Crippen molar-refractivity contribution in [3.05, 3.63) is 41.0 Å². The zero-order valence-electron chi connectivity index (χ0n) is 23.9. The van der Waals surface area contributed by atoms with Gasteiger partial charge in [0, 0.05) is 32.7 Å². The van der Waals surface area contributed by atoms with Gasteiger partial charge in [-0.15, -0.1) is 0 Å². The Morgan fingerprint density at radius 1 is 1.18 bits per heavy atom. The summed E-state index contributed by atoms with van der Waals surface area (Å²) in [5.74, 6) is 2.58. The van der Waals surface area contributed by atoms with Crippen molar-refractivity contribution in [2.75, 3.05) is 46.6 Å². The lowest BCUT2D eigenvalue weighted by atomic mass is 9.85. The summed E-state index contributed by atoms with van der Waals surface area (Å²) in [7, 11) is 3.84. The van der Waals surface area contributed by atoms with Crippen molar-refractivity contribution in [1.29, 1.82) is 0 Å². The van der Waals surface area contributed by atoms with Crippen molar-refractivity contribution >= 4 is 29.3 Å². The normalized spacial score (nSPS) is 18.7. The molecule has 2 aliphatic rings. The van der Waals surface area contributed by atoms with Gasteiger partial charge in [-0.25, -0.2) is 9.29 Å². The summed E-state index contributed by atoms with van der Waals surface area (Å²) in [6, 6.07) is 4.73. The van der Waals surface area contributed by atoms with E-state index >= 15 is 0 Å². The van der Waals surface area contributed by atoms with Crippen molar-refractivity contribution in [3.63, 3.8) is 0 Å². The van der Waals surface area contributed by atoms with Crippen molar-refractivity contribution in [2.24, 2.45) is 5.92 Å². The molecule has 1 saturated heterocycles. The number of aromatic amines is 1. The van der Waals surface area contributed by atoms with E-state index in [4.69, 9.17) is 9.72 Å². The highest BCUT2D eigenvalue weighted by atomic mass is 32.2. The molecule has 0 bridgehead atoms. The third-order valence-electron chi connectivity index (χ3n) is 7.99. The van der Waals surface area contributed by atoms with Crippen LogP contribution < -0.4 is 10.1 Å². The number of nitrogens with one attached hydrogen (secondary N) is 2. The molecular formula is C29H44N6O3S. The number of piperazine rings is 1. The van der Waals surface area contributed by atoms with Gasteiger partial charge in [-0.2, -0.15) is 0 Å². The van der Waals surface area contributed by atoms with Crippen LogP contribution >= 0.6 is 11.9 Å². The molecule has 1 unspecified atom stereocenters. The van der Waals surface area contributed by atoms with E-state index in [2.05, 4.69) is 54.6 Å². The lowest BCUT2D eigenvalue weighted by molar-refractivity contribution is 0.112. The van der Waals surface area contributed by atoms with Crippen LogP contribution in [0.4, 0.5) is 0 Å². The van der Waals surface area contributed by atoms with Gasteiger partial charge in [0.1, 0.15) is 23.4 Å². The Morgan fingerprint density at radius 3 is 2.46 bits per heavy atom. The summed E-state index contributed by atoms with van der Waals surface area (Å²) in [5, 5.41) is 7.06. The molecular weight excluding hydrogens is 512 g/mol. The molecule has 9 nitrogen and oxygen atoms in total. The topological polar surface area (TPSA) is 99.5 Å². The number of imidazole rings is 1. The van der Waals surface area contributed by atoms with Gasteiger partial charge in [0.05, 0.1) is 29.9 Å². The van der Waals surface area contributed by atoms with Crippen LogP contribution in [0.1, 0.15) is 78.4 Å². The van der Waals surface area contributed by atoms with Gasteiger partial charge in [-0.1, -0.05) is 49.2 Å². The number of methoxy groups -OCH3 is 1. The number of rotatable bonds is 8. The average Bonchev–Trinajstić information content (AvgIpc) is 3.56. The first-order valence-electron chi connectivity index (χ1n) is 14.2. The molecule has 1 aromatic carbocycles. The van der Waals surface area contributed by atoms with E-state index < -0.39 is 0 Å². The minimum atomic E-state index is 0.276. The van der Waals surface area contributed by atoms with Crippen LogP contribution in [0.25, 0.3) is 11.0 Å². The number of fused-ring (bicyclic) bond motifs is 1. The first kappa shape index (κ1) is 29.6. The highest BCUT2D eigenvalue weighted by Gasteiger charge is 2.26. The number of aldehydes is 1. The molecule has 3 heterocycles. The second-order valence-corrected chi connectivity index (χ2v) is 11.4. The number of hydrogen-bond acceptors (Lipinski definition) is 9. The molecule has 3 aromatic rings. The second kappa shape index (κ2) is 14.8. The molecule has 2 fully saturated rings. The lowest BCUT2D eigenvalue weighted by Gasteiger charge is -2.33. The number of benzene rings is 1. The Labute approximate surface area is 236 Å². The summed E-state index contributed by atoms with van der Waals surface area (Å²) in [5.41, 5.74) is 4.51. The van der Waals surface area contributed by atoms with Crippen LogP contribution in [0.3, 0.4) is 0 Å². The average molecular weight is 557 g/mol. The summed E-state index contributed by atoms with van der Waals surface area (Å²) in [4.78, 5) is 21.2. The minimum absolute atomic E-state index is 0.276. The number of hydrogen-bond donors (Lipinski definition) is 2. The highest BCUT2D eigenvalue weighted by molar-refractivity contribution is 7.96. The predicted octanol–water partition coefficient (Wildman–Crippen LogP) is 5.38. The monoisotopic (exact) mass is 556 g/mol. The first-order chi connectivity index (χ1) is 19.1. The Hall–Kier alpha value is -2.40. The smallest absolute Gasteiger partial charge is 0.155 e. The van der Waals surface area contributed by atoms with Gasteiger partial charge in [0.25, 0.3) is 0 Å². The van der Waals surface area contributed by atoms with Crippen LogP contribution in [0.5, 0.6) is 5.75 Å². The SMILES string of the molecule is CNC(c1nc2c(OC)cc(CN3CCN(SC)CC3)cc2[nH]1)C1CCCCCCC1.Cc1nocc1C=O. The molecule has 5 rings (SSSR count). The number of ether oxygens (including phenoxy) is 1. The third-order valence-corrected chi connectivity index (χ3v) is 8.87. The Morgan fingerprint density at radius 2 is 1.90 bits per heavy atom. The summed E-state index contributed by atoms with van der Waals surface area (Å²) in [6.45, 7) is 7.14. The first-order valence-corrected chi connectivity index (χ1v) is 15.4. The Kier molecular flexibility index (Phi) is 11.3. The van der Waals surface area contributed by atoms with E-state index in [0.29, 0.717) is 23.5 Å². The van der Waals surface area contributed by atoms with Gasteiger partial charge in [-0.05, 0) is 56.7 Å². The largest absolute Gasteiger partial charge is 0.494 e. The van der Waals surface area contributed by atoms with Gasteiger partial charge < -0.3 is 19.6 Å². The predicted molar refractivity (Wildman–Crippen MR) is 157 cm³/mol. The molecule has 10 heteroatoms. The van der Waals surface area contributed by atoms with Gasteiger partial charge in [-0.3, -0.25) is 9.69 Å². The maximum atomic E-state index is 9.99. The second-order valence-electron chi connectivity index (χ2n) is 10.5. The number of aryl methyl sites for hydroxylation is 1. The van der Waals surface area contributed by atoms with E-state index in [1.165, 1.54) is 56.8 Å². The Balaban J connectivity index is 0.000000379. The summed E-state index contributed by atoms with van der Waals surface area (Å²) >= 11 is 1.85. The molecule has 2 N–H and O–H groups in total. The molecule has 39 heavy (non-hydrogen) atoms. The number of carbonyl (C=O) groups is 1. The fraction of sp³-hybridized carbons (Fsp3) is 0.621. The highest BCUT2D eigenvalue weighted by Crippen LogP contribution is 2.34. The van der Waals surface area contributed by atoms with Gasteiger partial charge in [0.2, 0.25) is 0 Å². The van der Waals surface area contributed by atoms with Crippen molar-refractivity contribution < 1.29 is 14.1 Å². The molecule has 0 amide bonds. The van der Waals surface area contributed by atoms with Crippen molar-refractivity contribution in [1.82, 2.24) is 29.6 Å². The third kappa shape index (κ3) is 7.84. The molecule has 1 atom stereocenters. The number of H-pyrrole nitrogens is 1. The van der Waals surface area contributed by atoms with Crippen molar-refractivity contribution in [2.45, 2.75) is 64.5 Å². The van der Waals surface area contributed by atoms with Crippen LogP contribution in [0.2, 0.25) is 0 Å². The molecule has 0 spiro atoms. The molecule has 1 aliphatic heterocycles. The Bertz CT molecular complexity index is 1170. The quantitative estimate of drug-likeness (QED) is 0.280. The molecule has 2 aromatic heterocycles. The van der Waals surface area contributed by atoms with Gasteiger partial charge in [0.15, 0.2) is 6.29 Å². The molecule has 214 valence electrons. The number of carbonyl (C=O) groups excluding carboxylic acids is 1. The van der Waals surface area contributed by atoms with Crippen molar-refractivity contribution in [3.8, 4) is 5.75 Å². The molecule has 1 aliphatic carbocycles. The van der Waals surface area contributed by atoms with Crippen LogP contribution in [-0.2, 0) is 6.54 Å². The standard InChI is InChI=1S/C24H39N5OS.C5H5NO2/c1-25-22(19-9-7-5-4-6-8-10-19)24-26-20-15-18(16-21(30-2)23(20)27-24)17-28-11-13-29(31-3)14-12-28;1-4-5(2-7)3-8-6-4/h15-16,19,22,25H,4-14,17H2,1-3H3,(H,26,27);2-3H,1H3. The van der Waals surface area contributed by atoms with E-state index in [9.17, 15) is 4.79 Å². The van der Waals surface area contributed by atoms with Gasteiger partial charge >= 0.3 is 0 Å². The van der Waals surface area contributed by atoms with E-state index in [1.54, 1.807) is 14.0 Å². The fourth-order valence-electron chi connectivity index (χ4n) is 5.71. The number of aromatic nitrogens is 3. The minimum Gasteiger partial charge on any atom is -0.494 e. The van der Waals surface area contributed by atoms with E-state index in [-0.39, 0.29) is 6.04 Å². The fourth-order valence-corrected chi connectivity index (χ4v) is 6.24. The van der Waals surface area contributed by atoms with Crippen LogP contribution in [0.15, 0.2) is 22.9 Å². The molecule has 0 radical (unpaired) electrons. The van der Waals surface area contributed by atoms with Crippen LogP contribution in [0, 0.1) is 12.8 Å². The van der Waals surface area contributed by atoms with E-state index in [0.717, 1.165) is 55.3 Å². The lowest BCUT2D eigenvalue weighted by Crippen LogP contribution is -2.42.